The SMILES string of the molecule is CNC(=O)CN(C)c1ncc[nH]c1=O. The third kappa shape index (κ3) is 2.32. The number of nitrogens with one attached hydrogen (secondary N) is 2. The van der Waals surface area contributed by atoms with Crippen molar-refractivity contribution in [3.8, 4) is 0 Å². The van der Waals surface area contributed by atoms with Gasteiger partial charge in [-0.1, -0.05) is 0 Å². The molecule has 6 nitrogen and oxygen atoms in total. The molecular weight excluding hydrogens is 184 g/mol. The van der Waals surface area contributed by atoms with Crippen LogP contribution in [0.15, 0.2) is 17.2 Å². The van der Waals surface area contributed by atoms with Gasteiger partial charge in [0, 0.05) is 26.5 Å². The highest BCUT2D eigenvalue weighted by molar-refractivity contribution is 5.80. The van der Waals surface area contributed by atoms with Gasteiger partial charge in [0.1, 0.15) is 0 Å². The fraction of sp³-hybridized carbons (Fsp3) is 0.375. The number of amides is 1. The second kappa shape index (κ2) is 4.40. The van der Waals surface area contributed by atoms with Gasteiger partial charge in [-0.05, 0) is 0 Å². The van der Waals surface area contributed by atoms with Gasteiger partial charge in [0.05, 0.1) is 6.54 Å². The number of H-pyrrole nitrogens is 1. The molecule has 0 aliphatic rings. The van der Waals surface area contributed by atoms with Gasteiger partial charge in [0.15, 0.2) is 5.82 Å². The van der Waals surface area contributed by atoms with Gasteiger partial charge in [-0.2, -0.15) is 0 Å². The molecule has 1 aromatic heterocycles. The molecule has 0 atom stereocenters. The van der Waals surface area contributed by atoms with Gasteiger partial charge in [-0.3, -0.25) is 9.59 Å². The van der Waals surface area contributed by atoms with Gasteiger partial charge in [0.2, 0.25) is 5.91 Å². The molecule has 0 unspecified atom stereocenters. The predicted octanol–water partition coefficient (Wildman–Crippen LogP) is -1.05. The molecule has 6 heteroatoms. The Hall–Kier alpha value is -1.85. The highest BCUT2D eigenvalue weighted by Gasteiger charge is 2.09. The summed E-state index contributed by atoms with van der Waals surface area (Å²) in [6.07, 6.45) is 2.91. The molecule has 1 heterocycles. The van der Waals surface area contributed by atoms with E-state index in [-0.39, 0.29) is 23.8 Å². The smallest absolute Gasteiger partial charge is 0.290 e. The summed E-state index contributed by atoms with van der Waals surface area (Å²) in [7, 11) is 3.17. The summed E-state index contributed by atoms with van der Waals surface area (Å²) >= 11 is 0. The van der Waals surface area contributed by atoms with E-state index in [9.17, 15) is 9.59 Å². The number of likely N-dealkylation sites (N-methyl/N-ethyl adjacent to an activating group) is 2. The number of carbonyl (C=O) groups is 1. The first-order valence-electron chi connectivity index (χ1n) is 4.10. The molecule has 76 valence electrons. The van der Waals surface area contributed by atoms with Crippen LogP contribution in [0.1, 0.15) is 0 Å². The quantitative estimate of drug-likeness (QED) is 0.646. The van der Waals surface area contributed by atoms with Crippen molar-refractivity contribution >= 4 is 11.7 Å². The van der Waals surface area contributed by atoms with Crippen LogP contribution in [0.2, 0.25) is 0 Å². The van der Waals surface area contributed by atoms with Gasteiger partial charge >= 0.3 is 0 Å². The minimum atomic E-state index is -0.307. The van der Waals surface area contributed by atoms with Crippen LogP contribution in [0.25, 0.3) is 0 Å². The third-order valence-corrected chi connectivity index (χ3v) is 1.71. The van der Waals surface area contributed by atoms with Crippen molar-refractivity contribution in [2.45, 2.75) is 0 Å². The molecule has 2 N–H and O–H groups in total. The molecule has 0 saturated heterocycles. The topological polar surface area (TPSA) is 78.1 Å². The number of aromatic amines is 1. The van der Waals surface area contributed by atoms with Crippen molar-refractivity contribution in [2.24, 2.45) is 0 Å². The molecule has 0 bridgehead atoms. The van der Waals surface area contributed by atoms with Crippen LogP contribution >= 0.6 is 0 Å². The van der Waals surface area contributed by atoms with E-state index >= 15 is 0 Å². The summed E-state index contributed by atoms with van der Waals surface area (Å²) in [6.45, 7) is 0.108. The Kier molecular flexibility index (Phi) is 3.22. The molecule has 1 amide bonds. The fourth-order valence-corrected chi connectivity index (χ4v) is 0.985. The first kappa shape index (κ1) is 10.2. The fourth-order valence-electron chi connectivity index (χ4n) is 0.985. The lowest BCUT2D eigenvalue weighted by Gasteiger charge is -2.15. The summed E-state index contributed by atoms with van der Waals surface area (Å²) < 4.78 is 0. The van der Waals surface area contributed by atoms with Gasteiger partial charge < -0.3 is 15.2 Å². The number of nitrogens with zero attached hydrogens (tertiary/aromatic N) is 2. The summed E-state index contributed by atoms with van der Waals surface area (Å²) in [5.74, 6) is 0.0636. The minimum absolute atomic E-state index is 0.108. The van der Waals surface area contributed by atoms with E-state index in [4.69, 9.17) is 0 Å². The van der Waals surface area contributed by atoms with Crippen LogP contribution in [0.4, 0.5) is 5.82 Å². The van der Waals surface area contributed by atoms with Gasteiger partial charge in [-0.25, -0.2) is 4.98 Å². The van der Waals surface area contributed by atoms with E-state index < -0.39 is 0 Å². The van der Waals surface area contributed by atoms with E-state index in [1.165, 1.54) is 17.3 Å². The Bertz CT molecular complexity index is 374. The normalized spacial score (nSPS) is 9.57. The number of carbonyl (C=O) groups excluding carboxylic acids is 1. The molecule has 1 aromatic rings. The van der Waals surface area contributed by atoms with Crippen LogP contribution in [-0.4, -0.2) is 36.5 Å². The Morgan fingerprint density at radius 1 is 1.71 bits per heavy atom. The zero-order chi connectivity index (χ0) is 10.6. The largest absolute Gasteiger partial charge is 0.358 e. The van der Waals surface area contributed by atoms with Crippen molar-refractivity contribution in [3.05, 3.63) is 22.7 Å². The van der Waals surface area contributed by atoms with Crippen molar-refractivity contribution in [1.82, 2.24) is 15.3 Å². The zero-order valence-corrected chi connectivity index (χ0v) is 8.07. The highest BCUT2D eigenvalue weighted by Crippen LogP contribution is 1.97. The molecule has 1 rings (SSSR count). The van der Waals surface area contributed by atoms with E-state index in [0.29, 0.717) is 0 Å². The van der Waals surface area contributed by atoms with E-state index in [0.717, 1.165) is 0 Å². The predicted molar refractivity (Wildman–Crippen MR) is 52.2 cm³/mol. The zero-order valence-electron chi connectivity index (χ0n) is 8.07. The van der Waals surface area contributed by atoms with E-state index in [1.807, 2.05) is 0 Å². The first-order valence-corrected chi connectivity index (χ1v) is 4.10. The van der Waals surface area contributed by atoms with Gasteiger partial charge in [0.25, 0.3) is 5.56 Å². The maximum absolute atomic E-state index is 11.2. The van der Waals surface area contributed by atoms with Crippen LogP contribution in [0, 0.1) is 0 Å². The van der Waals surface area contributed by atoms with Crippen molar-refractivity contribution in [2.75, 3.05) is 25.5 Å². The molecule has 0 spiro atoms. The lowest BCUT2D eigenvalue weighted by molar-refractivity contribution is -0.119. The summed E-state index contributed by atoms with van der Waals surface area (Å²) in [5.41, 5.74) is -0.307. The molecule has 0 aliphatic carbocycles. The lowest BCUT2D eigenvalue weighted by Crippen LogP contribution is -2.36. The minimum Gasteiger partial charge on any atom is -0.358 e. The number of hydrogen-bond donors (Lipinski definition) is 2. The standard InChI is InChI=1S/C8H12N4O2/c1-9-6(13)5-12(2)7-8(14)11-4-3-10-7/h3-4H,5H2,1-2H3,(H,9,13)(H,11,14). The molecule has 0 fully saturated rings. The monoisotopic (exact) mass is 196 g/mol. The lowest BCUT2D eigenvalue weighted by atomic mass is 10.5. The van der Waals surface area contributed by atoms with Gasteiger partial charge in [-0.15, -0.1) is 0 Å². The Morgan fingerprint density at radius 2 is 2.43 bits per heavy atom. The van der Waals surface area contributed by atoms with E-state index in [1.54, 1.807) is 14.1 Å². The highest BCUT2D eigenvalue weighted by atomic mass is 16.2. The molecule has 0 aliphatic heterocycles. The Balaban J connectivity index is 2.80. The Labute approximate surface area is 81.0 Å². The molecule has 0 radical (unpaired) electrons. The van der Waals surface area contributed by atoms with Crippen LogP contribution in [0.5, 0.6) is 0 Å². The molecule has 0 aromatic carbocycles. The summed E-state index contributed by atoms with van der Waals surface area (Å²) in [4.78, 5) is 30.1. The molecule has 0 saturated carbocycles. The Morgan fingerprint density at radius 3 is 3.00 bits per heavy atom. The number of rotatable bonds is 3. The van der Waals surface area contributed by atoms with Crippen molar-refractivity contribution in [1.29, 1.82) is 0 Å². The molecular formula is C8H12N4O2. The second-order valence-corrected chi connectivity index (χ2v) is 2.77. The van der Waals surface area contributed by atoms with E-state index in [2.05, 4.69) is 15.3 Å². The maximum atomic E-state index is 11.2. The third-order valence-electron chi connectivity index (χ3n) is 1.71. The number of hydrogen-bond acceptors (Lipinski definition) is 4. The summed E-state index contributed by atoms with van der Waals surface area (Å²) in [6, 6.07) is 0. The average Bonchev–Trinajstić information content (AvgIpc) is 2.18. The van der Waals surface area contributed by atoms with Crippen LogP contribution < -0.4 is 15.8 Å². The summed E-state index contributed by atoms with van der Waals surface area (Å²) in [5, 5.41) is 2.46. The van der Waals surface area contributed by atoms with Crippen LogP contribution in [-0.2, 0) is 4.79 Å². The second-order valence-electron chi connectivity index (χ2n) is 2.77. The van der Waals surface area contributed by atoms with Crippen molar-refractivity contribution < 1.29 is 4.79 Å². The van der Waals surface area contributed by atoms with Crippen molar-refractivity contribution in [3.63, 3.8) is 0 Å². The maximum Gasteiger partial charge on any atom is 0.290 e. The van der Waals surface area contributed by atoms with Crippen LogP contribution in [0.3, 0.4) is 0 Å². The first-order chi connectivity index (χ1) is 6.65. The average molecular weight is 196 g/mol. The number of anilines is 1. The number of aromatic nitrogens is 2. The molecule has 14 heavy (non-hydrogen) atoms.